The Morgan fingerprint density at radius 3 is 1.93 bits per heavy atom. The van der Waals surface area contributed by atoms with Gasteiger partial charge in [-0.2, -0.15) is 0 Å². The molecule has 0 heterocycles. The summed E-state index contributed by atoms with van der Waals surface area (Å²) in [6.07, 6.45) is 0. The van der Waals surface area contributed by atoms with Crippen LogP contribution in [0.3, 0.4) is 0 Å². The Hall–Kier alpha value is -1.10. The minimum Gasteiger partial charge on any atom is -0.698 e. The first-order valence-corrected chi connectivity index (χ1v) is 4.24. The van der Waals surface area contributed by atoms with Crippen molar-refractivity contribution < 1.29 is 20.4 Å². The first-order valence-electron chi connectivity index (χ1n) is 4.24. The van der Waals surface area contributed by atoms with Crippen molar-refractivity contribution in [3.63, 3.8) is 0 Å². The van der Waals surface area contributed by atoms with Crippen molar-refractivity contribution in [2.45, 2.75) is 0 Å². The molecule has 14 heavy (non-hydrogen) atoms. The van der Waals surface area contributed by atoms with Crippen molar-refractivity contribution in [2.24, 2.45) is 0 Å². The van der Waals surface area contributed by atoms with E-state index in [1.807, 2.05) is 54.6 Å². The molecule has 2 aromatic rings. The van der Waals surface area contributed by atoms with E-state index < -0.39 is 0 Å². The summed E-state index contributed by atoms with van der Waals surface area (Å²) < 4.78 is 0. The predicted molar refractivity (Wildman–Crippen MR) is 55.9 cm³/mol. The molecule has 0 unspecified atom stereocenters. The molecular weight excluding hydrogens is 265 g/mol. The van der Waals surface area contributed by atoms with E-state index in [0.29, 0.717) is 5.69 Å². The Labute approximate surface area is 97.6 Å². The van der Waals surface area contributed by atoms with Gasteiger partial charge in [0, 0.05) is 20.4 Å². The minimum atomic E-state index is 0. The fourth-order valence-corrected chi connectivity index (χ4v) is 1.35. The van der Waals surface area contributed by atoms with E-state index in [1.165, 1.54) is 0 Å². The van der Waals surface area contributed by atoms with Crippen molar-refractivity contribution in [3.05, 3.63) is 60.3 Å². The van der Waals surface area contributed by atoms with E-state index in [9.17, 15) is 0 Å². The molecule has 0 aromatic heterocycles. The standard InChI is InChI=1S/C12H10N.Pd/c13-12-9-5-4-8-11(12)10-6-2-1-3-7-10;/h1-9,13H;/q-1;. The van der Waals surface area contributed by atoms with Crippen molar-refractivity contribution in [3.8, 4) is 11.1 Å². The fraction of sp³-hybridized carbons (Fsp3) is 0. The van der Waals surface area contributed by atoms with Gasteiger partial charge in [0.05, 0.1) is 0 Å². The first-order chi connectivity index (χ1) is 6.38. The van der Waals surface area contributed by atoms with Crippen LogP contribution in [0.25, 0.3) is 16.9 Å². The van der Waals surface area contributed by atoms with Crippen LogP contribution in [0.5, 0.6) is 0 Å². The van der Waals surface area contributed by atoms with Crippen LogP contribution in [0, 0.1) is 0 Å². The molecule has 0 aliphatic carbocycles. The molecule has 0 atom stereocenters. The summed E-state index contributed by atoms with van der Waals surface area (Å²) in [5.74, 6) is 0. The molecule has 0 spiro atoms. The van der Waals surface area contributed by atoms with Crippen molar-refractivity contribution in [1.29, 1.82) is 0 Å². The van der Waals surface area contributed by atoms with Gasteiger partial charge in [0.25, 0.3) is 0 Å². The summed E-state index contributed by atoms with van der Waals surface area (Å²) in [4.78, 5) is 0. The maximum atomic E-state index is 7.71. The van der Waals surface area contributed by atoms with E-state index in [2.05, 4.69) is 0 Å². The molecule has 0 aliphatic heterocycles. The second kappa shape index (κ2) is 4.95. The van der Waals surface area contributed by atoms with Crippen molar-refractivity contribution in [2.75, 3.05) is 0 Å². The third-order valence-electron chi connectivity index (χ3n) is 2.01. The van der Waals surface area contributed by atoms with E-state index in [0.717, 1.165) is 11.1 Å². The van der Waals surface area contributed by atoms with Crippen LogP contribution in [0.1, 0.15) is 0 Å². The monoisotopic (exact) mass is 274 g/mol. The summed E-state index contributed by atoms with van der Waals surface area (Å²) in [5, 5.41) is 0. The van der Waals surface area contributed by atoms with E-state index in [1.54, 1.807) is 0 Å². The summed E-state index contributed by atoms with van der Waals surface area (Å²) >= 11 is 0. The topological polar surface area (TPSA) is 23.8 Å². The third-order valence-corrected chi connectivity index (χ3v) is 2.01. The number of benzene rings is 2. The molecule has 0 fully saturated rings. The van der Waals surface area contributed by atoms with Gasteiger partial charge in [0.2, 0.25) is 0 Å². The molecule has 0 amide bonds. The number of nitrogens with one attached hydrogen (secondary N) is 1. The van der Waals surface area contributed by atoms with Crippen LogP contribution in [-0.4, -0.2) is 0 Å². The second-order valence-corrected chi connectivity index (χ2v) is 2.91. The Morgan fingerprint density at radius 1 is 0.714 bits per heavy atom. The minimum absolute atomic E-state index is 0. The molecule has 1 nitrogen and oxygen atoms in total. The molecular formula is C12H10NPd-. The zero-order valence-electron chi connectivity index (χ0n) is 7.51. The Kier molecular flexibility index (Phi) is 3.88. The summed E-state index contributed by atoms with van der Waals surface area (Å²) in [5.41, 5.74) is 10.4. The van der Waals surface area contributed by atoms with Gasteiger partial charge >= 0.3 is 0 Å². The smallest absolute Gasteiger partial charge is 0 e. The molecule has 0 bridgehead atoms. The molecule has 0 saturated carbocycles. The van der Waals surface area contributed by atoms with E-state index in [-0.39, 0.29) is 20.4 Å². The Balaban J connectivity index is 0.000000980. The summed E-state index contributed by atoms with van der Waals surface area (Å²) in [6, 6.07) is 17.6. The van der Waals surface area contributed by atoms with Gasteiger partial charge < -0.3 is 5.73 Å². The van der Waals surface area contributed by atoms with E-state index in [4.69, 9.17) is 5.73 Å². The van der Waals surface area contributed by atoms with E-state index >= 15 is 0 Å². The summed E-state index contributed by atoms with van der Waals surface area (Å²) in [7, 11) is 0. The van der Waals surface area contributed by atoms with Crippen LogP contribution in [0.4, 0.5) is 5.69 Å². The van der Waals surface area contributed by atoms with Gasteiger partial charge in [0.15, 0.2) is 0 Å². The van der Waals surface area contributed by atoms with Gasteiger partial charge in [-0.05, 0) is 11.1 Å². The zero-order chi connectivity index (χ0) is 9.10. The van der Waals surface area contributed by atoms with Gasteiger partial charge in [0.1, 0.15) is 0 Å². The van der Waals surface area contributed by atoms with Gasteiger partial charge in [-0.1, -0.05) is 54.6 Å². The predicted octanol–water partition coefficient (Wildman–Crippen LogP) is 4.03. The Morgan fingerprint density at radius 2 is 1.29 bits per heavy atom. The van der Waals surface area contributed by atoms with Crippen molar-refractivity contribution >= 4 is 5.69 Å². The quantitative estimate of drug-likeness (QED) is 0.701. The second-order valence-electron chi connectivity index (χ2n) is 2.91. The SMILES string of the molecule is [NH-]c1ccccc1-c1ccccc1.[Pd]. The average Bonchev–Trinajstić information content (AvgIpc) is 2.20. The molecule has 0 radical (unpaired) electrons. The molecule has 2 heteroatoms. The number of rotatable bonds is 1. The number of hydrogen-bond donors (Lipinski definition) is 0. The normalized spacial score (nSPS) is 9.14. The zero-order valence-corrected chi connectivity index (χ0v) is 9.07. The van der Waals surface area contributed by atoms with Gasteiger partial charge in [-0.3, -0.25) is 0 Å². The maximum Gasteiger partial charge on any atom is 0 e. The molecule has 74 valence electrons. The first kappa shape index (κ1) is 11.0. The van der Waals surface area contributed by atoms with Crippen LogP contribution in [0.15, 0.2) is 54.6 Å². The van der Waals surface area contributed by atoms with Gasteiger partial charge in [-0.15, -0.1) is 5.69 Å². The number of hydrogen-bond acceptors (Lipinski definition) is 0. The summed E-state index contributed by atoms with van der Waals surface area (Å²) in [6.45, 7) is 0. The molecule has 2 aromatic carbocycles. The van der Waals surface area contributed by atoms with Crippen LogP contribution >= 0.6 is 0 Å². The fourth-order valence-electron chi connectivity index (χ4n) is 1.35. The molecule has 0 saturated heterocycles. The van der Waals surface area contributed by atoms with Crippen LogP contribution in [-0.2, 0) is 20.4 Å². The van der Waals surface area contributed by atoms with Crippen molar-refractivity contribution in [1.82, 2.24) is 0 Å². The van der Waals surface area contributed by atoms with Crippen LogP contribution < -0.4 is 0 Å². The third kappa shape index (κ3) is 2.23. The molecule has 2 rings (SSSR count). The maximum absolute atomic E-state index is 7.71. The Bertz CT molecular complexity index is 398. The largest absolute Gasteiger partial charge is 0.698 e. The molecule has 0 aliphatic rings. The molecule has 1 N–H and O–H groups in total. The average molecular weight is 275 g/mol. The van der Waals surface area contributed by atoms with Gasteiger partial charge in [-0.25, -0.2) is 0 Å². The van der Waals surface area contributed by atoms with Crippen LogP contribution in [0.2, 0.25) is 0 Å².